The Balaban J connectivity index is 2.65. The average Bonchev–Trinajstić information content (AvgIpc) is 2.15. The molecular formula is C8H9BN2O2. The van der Waals surface area contributed by atoms with Gasteiger partial charge in [0.2, 0.25) is 0 Å². The van der Waals surface area contributed by atoms with E-state index in [9.17, 15) is 0 Å². The van der Waals surface area contributed by atoms with Crippen LogP contribution in [0.15, 0.2) is 24.3 Å². The monoisotopic (exact) mass is 176 g/mol. The van der Waals surface area contributed by atoms with Gasteiger partial charge in [0.15, 0.2) is 0 Å². The van der Waals surface area contributed by atoms with Crippen LogP contribution in [0.25, 0.3) is 0 Å². The zero-order valence-electron chi connectivity index (χ0n) is 6.94. The van der Waals surface area contributed by atoms with Crippen LogP contribution < -0.4 is 10.8 Å². The summed E-state index contributed by atoms with van der Waals surface area (Å²) in [6.45, 7) is 0.237. The molecule has 0 saturated carbocycles. The van der Waals surface area contributed by atoms with Gasteiger partial charge in [-0.3, -0.25) is 0 Å². The maximum atomic E-state index is 8.77. The van der Waals surface area contributed by atoms with Gasteiger partial charge in [-0.25, -0.2) is 0 Å². The Kier molecular flexibility index (Phi) is 3.32. The van der Waals surface area contributed by atoms with Crippen molar-refractivity contribution in [1.29, 1.82) is 5.26 Å². The molecule has 0 unspecified atom stereocenters. The maximum Gasteiger partial charge on any atom is 0.488 e. The van der Waals surface area contributed by atoms with E-state index in [1.165, 1.54) is 0 Å². The third-order valence-corrected chi connectivity index (χ3v) is 1.58. The lowest BCUT2D eigenvalue weighted by Gasteiger charge is -2.02. The van der Waals surface area contributed by atoms with Crippen LogP contribution in [0.2, 0.25) is 0 Å². The van der Waals surface area contributed by atoms with Gasteiger partial charge in [0.1, 0.15) is 6.54 Å². The number of anilines is 1. The molecule has 0 atom stereocenters. The van der Waals surface area contributed by atoms with Crippen LogP contribution in [0.1, 0.15) is 0 Å². The van der Waals surface area contributed by atoms with Crippen LogP contribution >= 0.6 is 0 Å². The minimum Gasteiger partial charge on any atom is -0.423 e. The molecule has 0 amide bonds. The smallest absolute Gasteiger partial charge is 0.423 e. The van der Waals surface area contributed by atoms with Gasteiger partial charge in [-0.15, -0.1) is 0 Å². The highest BCUT2D eigenvalue weighted by atomic mass is 16.4. The molecule has 5 heteroatoms. The maximum absolute atomic E-state index is 8.77. The Morgan fingerprint density at radius 3 is 2.38 bits per heavy atom. The van der Waals surface area contributed by atoms with Gasteiger partial charge in [-0.05, 0) is 17.6 Å². The van der Waals surface area contributed by atoms with Gasteiger partial charge < -0.3 is 15.4 Å². The molecule has 0 aliphatic carbocycles. The molecule has 66 valence electrons. The highest BCUT2D eigenvalue weighted by Crippen LogP contribution is 2.02. The van der Waals surface area contributed by atoms with E-state index in [1.54, 1.807) is 24.3 Å². The lowest BCUT2D eigenvalue weighted by atomic mass is 9.80. The van der Waals surface area contributed by atoms with Crippen molar-refractivity contribution >= 4 is 18.3 Å². The summed E-state index contributed by atoms with van der Waals surface area (Å²) in [4.78, 5) is 0. The van der Waals surface area contributed by atoms with Crippen molar-refractivity contribution in [3.8, 4) is 6.07 Å². The molecule has 0 radical (unpaired) electrons. The van der Waals surface area contributed by atoms with Gasteiger partial charge in [-0.1, -0.05) is 12.1 Å². The summed E-state index contributed by atoms with van der Waals surface area (Å²) in [5.74, 6) is 0. The molecule has 0 heterocycles. The fourth-order valence-corrected chi connectivity index (χ4v) is 0.915. The standard InChI is InChI=1S/C8H9BN2O2/c10-5-6-11-8-3-1-7(2-4-8)9(12)13/h1-4,11-13H,6H2. The minimum absolute atomic E-state index is 0.237. The summed E-state index contributed by atoms with van der Waals surface area (Å²) < 4.78 is 0. The zero-order valence-corrected chi connectivity index (χ0v) is 6.94. The van der Waals surface area contributed by atoms with E-state index in [2.05, 4.69) is 5.32 Å². The van der Waals surface area contributed by atoms with E-state index >= 15 is 0 Å². The summed E-state index contributed by atoms with van der Waals surface area (Å²) >= 11 is 0. The topological polar surface area (TPSA) is 76.3 Å². The third-order valence-electron chi connectivity index (χ3n) is 1.58. The van der Waals surface area contributed by atoms with Crippen molar-refractivity contribution in [1.82, 2.24) is 0 Å². The van der Waals surface area contributed by atoms with Crippen LogP contribution in [0.5, 0.6) is 0 Å². The molecule has 0 aliphatic heterocycles. The fourth-order valence-electron chi connectivity index (χ4n) is 0.915. The molecule has 0 bridgehead atoms. The summed E-state index contributed by atoms with van der Waals surface area (Å²) in [5, 5.41) is 28.7. The molecular weight excluding hydrogens is 167 g/mol. The quantitative estimate of drug-likeness (QED) is 0.420. The first-order valence-corrected chi connectivity index (χ1v) is 3.81. The van der Waals surface area contributed by atoms with Crippen molar-refractivity contribution in [3.63, 3.8) is 0 Å². The Labute approximate surface area is 76.6 Å². The van der Waals surface area contributed by atoms with Crippen molar-refractivity contribution in [3.05, 3.63) is 24.3 Å². The van der Waals surface area contributed by atoms with Crippen molar-refractivity contribution in [2.75, 3.05) is 11.9 Å². The summed E-state index contributed by atoms with van der Waals surface area (Å²) in [6, 6.07) is 8.49. The van der Waals surface area contributed by atoms with Crippen LogP contribution in [-0.4, -0.2) is 23.7 Å². The van der Waals surface area contributed by atoms with Crippen molar-refractivity contribution in [2.45, 2.75) is 0 Å². The molecule has 3 N–H and O–H groups in total. The van der Waals surface area contributed by atoms with Crippen LogP contribution in [0.3, 0.4) is 0 Å². The first-order chi connectivity index (χ1) is 6.24. The molecule has 0 aliphatic rings. The molecule has 0 saturated heterocycles. The number of hydrogen-bond donors (Lipinski definition) is 3. The largest absolute Gasteiger partial charge is 0.488 e. The van der Waals surface area contributed by atoms with E-state index in [0.717, 1.165) is 5.69 Å². The summed E-state index contributed by atoms with van der Waals surface area (Å²) in [6.07, 6.45) is 0. The van der Waals surface area contributed by atoms with Gasteiger partial charge in [0, 0.05) is 5.69 Å². The highest BCUT2D eigenvalue weighted by Gasteiger charge is 2.09. The molecule has 0 spiro atoms. The SMILES string of the molecule is N#CCNc1ccc(B(O)O)cc1. The van der Waals surface area contributed by atoms with Crippen molar-refractivity contribution in [2.24, 2.45) is 0 Å². The molecule has 1 aromatic rings. The van der Waals surface area contributed by atoms with Gasteiger partial charge >= 0.3 is 7.12 Å². The first-order valence-electron chi connectivity index (χ1n) is 3.81. The first kappa shape index (κ1) is 9.58. The molecule has 0 aromatic heterocycles. The highest BCUT2D eigenvalue weighted by molar-refractivity contribution is 6.58. The molecule has 4 nitrogen and oxygen atoms in total. The van der Waals surface area contributed by atoms with E-state index in [-0.39, 0.29) is 6.54 Å². The number of hydrogen-bond acceptors (Lipinski definition) is 4. The molecule has 1 aromatic carbocycles. The number of nitrogens with one attached hydrogen (secondary N) is 1. The molecule has 0 fully saturated rings. The zero-order chi connectivity index (χ0) is 9.68. The molecule has 13 heavy (non-hydrogen) atoms. The Bertz CT molecular complexity index is 305. The van der Waals surface area contributed by atoms with Crippen molar-refractivity contribution < 1.29 is 10.0 Å². The minimum atomic E-state index is -1.44. The van der Waals surface area contributed by atoms with E-state index in [1.807, 2.05) is 6.07 Å². The van der Waals surface area contributed by atoms with Gasteiger partial charge in [0.25, 0.3) is 0 Å². The Morgan fingerprint density at radius 1 is 1.31 bits per heavy atom. The second kappa shape index (κ2) is 4.50. The molecule has 1 rings (SSSR count). The Morgan fingerprint density at radius 2 is 1.92 bits per heavy atom. The van der Waals surface area contributed by atoms with Gasteiger partial charge in [0.05, 0.1) is 6.07 Å². The lowest BCUT2D eigenvalue weighted by Crippen LogP contribution is -2.29. The van der Waals surface area contributed by atoms with Crippen LogP contribution in [0.4, 0.5) is 5.69 Å². The lowest BCUT2D eigenvalue weighted by molar-refractivity contribution is 0.426. The number of nitrogens with zero attached hydrogens (tertiary/aromatic N) is 1. The number of nitriles is 1. The summed E-state index contributed by atoms with van der Waals surface area (Å²) in [5.41, 5.74) is 1.22. The van der Waals surface area contributed by atoms with E-state index in [0.29, 0.717) is 5.46 Å². The average molecular weight is 176 g/mol. The van der Waals surface area contributed by atoms with E-state index < -0.39 is 7.12 Å². The predicted molar refractivity (Wildman–Crippen MR) is 50.4 cm³/mol. The second-order valence-electron chi connectivity index (χ2n) is 2.51. The normalized spacial score (nSPS) is 9.00. The number of benzene rings is 1. The third kappa shape index (κ3) is 2.78. The predicted octanol–water partition coefficient (Wildman–Crippen LogP) is -0.698. The summed E-state index contributed by atoms with van der Waals surface area (Å²) in [7, 11) is -1.44. The van der Waals surface area contributed by atoms with Gasteiger partial charge in [-0.2, -0.15) is 5.26 Å². The van der Waals surface area contributed by atoms with Crippen LogP contribution in [0, 0.1) is 11.3 Å². The Hall–Kier alpha value is -1.51. The van der Waals surface area contributed by atoms with Crippen LogP contribution in [-0.2, 0) is 0 Å². The second-order valence-corrected chi connectivity index (χ2v) is 2.51. The van der Waals surface area contributed by atoms with E-state index in [4.69, 9.17) is 15.3 Å². The fraction of sp³-hybridized carbons (Fsp3) is 0.125. The number of rotatable bonds is 3.